The summed E-state index contributed by atoms with van der Waals surface area (Å²) >= 11 is 0. The molecule has 0 atom stereocenters. The van der Waals surface area contributed by atoms with Crippen LogP contribution in [0.15, 0.2) is 35.1 Å². The van der Waals surface area contributed by atoms with Crippen molar-refractivity contribution in [1.29, 1.82) is 0 Å². The van der Waals surface area contributed by atoms with Gasteiger partial charge in [0.2, 0.25) is 5.43 Å². The molecule has 2 aromatic carbocycles. The summed E-state index contributed by atoms with van der Waals surface area (Å²) in [7, 11) is 0. The monoisotopic (exact) mass is 437 g/mol. The van der Waals surface area contributed by atoms with Crippen LogP contribution in [-0.4, -0.2) is 26.7 Å². The van der Waals surface area contributed by atoms with E-state index in [4.69, 9.17) is 5.73 Å². The van der Waals surface area contributed by atoms with Gasteiger partial charge in [-0.25, -0.2) is 14.0 Å². The van der Waals surface area contributed by atoms with E-state index in [1.165, 1.54) is 10.6 Å². The Morgan fingerprint density at radius 2 is 1.78 bits per heavy atom. The van der Waals surface area contributed by atoms with Gasteiger partial charge in [0.15, 0.2) is 0 Å². The van der Waals surface area contributed by atoms with Crippen LogP contribution in [0.1, 0.15) is 56.4 Å². The second-order valence-corrected chi connectivity index (χ2v) is 8.25. The van der Waals surface area contributed by atoms with Crippen LogP contribution in [0.5, 0.6) is 0 Å². The Hall–Kier alpha value is -3.72. The number of hydrogen-bond donors (Lipinski definition) is 3. The molecular formula is C23H20FN3O5. The van der Waals surface area contributed by atoms with Gasteiger partial charge in [0.1, 0.15) is 17.1 Å². The highest BCUT2D eigenvalue weighted by atomic mass is 19.1. The fourth-order valence-electron chi connectivity index (χ4n) is 4.52. The number of carboxylic acids is 2. The minimum absolute atomic E-state index is 0.136. The Morgan fingerprint density at radius 1 is 1.06 bits per heavy atom. The molecule has 2 heterocycles. The zero-order valence-corrected chi connectivity index (χ0v) is 17.0. The third kappa shape index (κ3) is 3.04. The number of rotatable bonds is 5. The minimum Gasteiger partial charge on any atom is -0.477 e. The van der Waals surface area contributed by atoms with Crippen LogP contribution in [0.3, 0.4) is 0 Å². The molecule has 1 aliphatic heterocycles. The predicted molar refractivity (Wildman–Crippen MR) is 115 cm³/mol. The fraction of sp³-hybridized carbons (Fsp3) is 0.261. The Morgan fingerprint density at radius 3 is 2.41 bits per heavy atom. The first kappa shape index (κ1) is 20.2. The number of aromatic nitrogens is 1. The summed E-state index contributed by atoms with van der Waals surface area (Å²) < 4.78 is 16.6. The van der Waals surface area contributed by atoms with Crippen molar-refractivity contribution < 1.29 is 24.2 Å². The highest BCUT2D eigenvalue weighted by Crippen LogP contribution is 2.40. The van der Waals surface area contributed by atoms with Gasteiger partial charge in [0, 0.05) is 31.1 Å². The maximum absolute atomic E-state index is 15.2. The van der Waals surface area contributed by atoms with E-state index in [2.05, 4.69) is 0 Å². The number of benzene rings is 2. The first-order chi connectivity index (χ1) is 15.3. The molecule has 0 amide bonds. The van der Waals surface area contributed by atoms with Crippen molar-refractivity contribution >= 4 is 28.5 Å². The highest BCUT2D eigenvalue weighted by Gasteiger charge is 2.35. The Balaban J connectivity index is 1.72. The average Bonchev–Trinajstić information content (AvgIpc) is 3.50. The van der Waals surface area contributed by atoms with Gasteiger partial charge in [-0.05, 0) is 41.7 Å². The molecule has 0 saturated heterocycles. The predicted octanol–water partition coefficient (Wildman–Crippen LogP) is 2.85. The first-order valence-corrected chi connectivity index (χ1v) is 10.2. The summed E-state index contributed by atoms with van der Waals surface area (Å²) in [6.07, 6.45) is 1.31. The quantitative estimate of drug-likeness (QED) is 0.560. The molecule has 8 nitrogen and oxygen atoms in total. The number of fused-ring (bicyclic) bond motifs is 2. The van der Waals surface area contributed by atoms with Gasteiger partial charge >= 0.3 is 11.9 Å². The second kappa shape index (κ2) is 7.16. The molecule has 9 heteroatoms. The van der Waals surface area contributed by atoms with Gasteiger partial charge in [0.25, 0.3) is 0 Å². The number of nitrogens with two attached hydrogens (primary N) is 1. The molecule has 1 saturated carbocycles. The number of carbonyl (C=O) groups is 2. The van der Waals surface area contributed by atoms with Crippen molar-refractivity contribution in [2.24, 2.45) is 5.73 Å². The van der Waals surface area contributed by atoms with E-state index in [0.29, 0.717) is 32.5 Å². The second-order valence-electron chi connectivity index (χ2n) is 8.25. The third-order valence-electron chi connectivity index (χ3n) is 6.17. The Bertz CT molecular complexity index is 1380. The van der Waals surface area contributed by atoms with E-state index in [1.54, 1.807) is 0 Å². The van der Waals surface area contributed by atoms with E-state index < -0.39 is 34.4 Å². The van der Waals surface area contributed by atoms with Crippen LogP contribution in [0, 0.1) is 5.82 Å². The summed E-state index contributed by atoms with van der Waals surface area (Å²) in [6, 6.07) is 8.12. The molecule has 4 N–H and O–H groups in total. The van der Waals surface area contributed by atoms with Crippen molar-refractivity contribution in [3.05, 3.63) is 74.3 Å². The van der Waals surface area contributed by atoms with Gasteiger partial charge in [-0.3, -0.25) is 4.79 Å². The molecule has 0 bridgehead atoms. The molecule has 5 rings (SSSR count). The van der Waals surface area contributed by atoms with Crippen LogP contribution >= 0.6 is 0 Å². The Labute approximate surface area is 181 Å². The molecule has 32 heavy (non-hydrogen) atoms. The zero-order chi connectivity index (χ0) is 22.7. The molecule has 1 fully saturated rings. The molecule has 2 aliphatic rings. The number of anilines is 1. The standard InChI is InChI=1S/C23H20FN3O5/c24-16-6-15-17(7-18(16)26-9-12-2-1-11(8-25)5-13(12)10-26)27(14-3-4-14)20(23(31)32)19(21(15)28)22(29)30/h1-2,5-7,14H,3-4,8-10,25H2,(H,29,30)(H,31,32). The van der Waals surface area contributed by atoms with Crippen LogP contribution in [0.2, 0.25) is 0 Å². The lowest BCUT2D eigenvalue weighted by Crippen LogP contribution is -2.27. The topological polar surface area (TPSA) is 126 Å². The van der Waals surface area contributed by atoms with Crippen molar-refractivity contribution in [3.63, 3.8) is 0 Å². The number of aromatic carboxylic acids is 2. The lowest BCUT2D eigenvalue weighted by molar-refractivity contribution is 0.0640. The first-order valence-electron chi connectivity index (χ1n) is 10.2. The molecule has 0 radical (unpaired) electrons. The highest BCUT2D eigenvalue weighted by molar-refractivity contribution is 6.04. The maximum atomic E-state index is 15.2. The van der Waals surface area contributed by atoms with E-state index in [0.717, 1.165) is 22.8 Å². The summed E-state index contributed by atoms with van der Waals surface area (Å²) in [4.78, 5) is 38.4. The van der Waals surface area contributed by atoms with Crippen LogP contribution < -0.4 is 16.1 Å². The number of halogens is 1. The van der Waals surface area contributed by atoms with Crippen LogP contribution in [-0.2, 0) is 19.6 Å². The molecule has 3 aromatic rings. The van der Waals surface area contributed by atoms with E-state index >= 15 is 4.39 Å². The van der Waals surface area contributed by atoms with Crippen molar-refractivity contribution in [1.82, 2.24) is 4.57 Å². The number of pyridine rings is 1. The van der Waals surface area contributed by atoms with Gasteiger partial charge in [-0.15, -0.1) is 0 Å². The minimum atomic E-state index is -1.64. The maximum Gasteiger partial charge on any atom is 0.353 e. The largest absolute Gasteiger partial charge is 0.477 e. The summed E-state index contributed by atoms with van der Waals surface area (Å²) in [5, 5.41) is 19.1. The van der Waals surface area contributed by atoms with Gasteiger partial charge in [-0.1, -0.05) is 18.2 Å². The molecule has 164 valence electrons. The zero-order valence-electron chi connectivity index (χ0n) is 17.0. The summed E-state index contributed by atoms with van der Waals surface area (Å²) in [5.74, 6) is -3.80. The lowest BCUT2D eigenvalue weighted by atomic mass is 10.1. The summed E-state index contributed by atoms with van der Waals surface area (Å²) in [6.45, 7) is 1.29. The van der Waals surface area contributed by atoms with Crippen LogP contribution in [0.25, 0.3) is 10.9 Å². The number of nitrogens with zero attached hydrogens (tertiary/aromatic N) is 2. The molecule has 0 unspecified atom stereocenters. The van der Waals surface area contributed by atoms with Crippen molar-refractivity contribution in [3.8, 4) is 0 Å². The smallest absolute Gasteiger partial charge is 0.353 e. The van der Waals surface area contributed by atoms with Gasteiger partial charge in [0.05, 0.1) is 11.2 Å². The number of hydrogen-bond acceptors (Lipinski definition) is 5. The van der Waals surface area contributed by atoms with Crippen LogP contribution in [0.4, 0.5) is 10.1 Å². The van der Waals surface area contributed by atoms with E-state index in [9.17, 15) is 24.6 Å². The number of carboxylic acid groups (broad SMARTS) is 2. The van der Waals surface area contributed by atoms with Gasteiger partial charge < -0.3 is 25.4 Å². The average molecular weight is 437 g/mol. The third-order valence-corrected chi connectivity index (χ3v) is 6.17. The molecule has 0 spiro atoms. The molecular weight excluding hydrogens is 417 g/mol. The van der Waals surface area contributed by atoms with Crippen molar-refractivity contribution in [2.75, 3.05) is 4.90 Å². The summed E-state index contributed by atoms with van der Waals surface area (Å²) in [5.41, 5.74) is 6.82. The fourth-order valence-corrected chi connectivity index (χ4v) is 4.52. The molecule has 1 aliphatic carbocycles. The van der Waals surface area contributed by atoms with E-state index in [-0.39, 0.29) is 22.6 Å². The van der Waals surface area contributed by atoms with Crippen molar-refractivity contribution in [2.45, 2.75) is 38.5 Å². The normalized spacial score (nSPS) is 15.2. The lowest BCUT2D eigenvalue weighted by Gasteiger charge is -2.22. The Kier molecular flexibility index (Phi) is 4.52. The van der Waals surface area contributed by atoms with E-state index in [1.807, 2.05) is 23.1 Å². The van der Waals surface area contributed by atoms with Gasteiger partial charge in [-0.2, -0.15) is 0 Å². The molecule has 1 aromatic heterocycles. The SMILES string of the molecule is NCc1ccc2c(c1)CN(c1cc3c(cc1F)c(=O)c(C(=O)O)c(C(=O)O)n3C1CC1)C2.